The maximum Gasteiger partial charge on any atom is 0.516 e. The summed E-state index contributed by atoms with van der Waals surface area (Å²) in [7, 11) is -5.49. The molecule has 1 heterocycles. The highest BCUT2D eigenvalue weighted by atomic mass is 32.2. The zero-order valence-electron chi connectivity index (χ0n) is 14.9. The molecule has 26 heavy (non-hydrogen) atoms. The van der Waals surface area contributed by atoms with E-state index in [2.05, 4.69) is 5.10 Å². The van der Waals surface area contributed by atoms with Gasteiger partial charge in [0.05, 0.1) is 11.4 Å². The van der Waals surface area contributed by atoms with E-state index in [1.807, 2.05) is 11.9 Å². The summed E-state index contributed by atoms with van der Waals surface area (Å²) in [5.41, 5.74) is -3.72. The van der Waals surface area contributed by atoms with Crippen LogP contribution in [0.5, 0.6) is 0 Å². The van der Waals surface area contributed by atoms with Crippen molar-refractivity contribution in [3.05, 3.63) is 29.3 Å². The molecule has 0 spiro atoms. The van der Waals surface area contributed by atoms with Crippen molar-refractivity contribution in [3.8, 4) is 0 Å². The first-order valence-corrected chi connectivity index (χ1v) is 10.1. The Morgan fingerprint density at radius 3 is 2.35 bits per heavy atom. The van der Waals surface area contributed by atoms with Crippen molar-refractivity contribution >= 4 is 21.4 Å². The van der Waals surface area contributed by atoms with Crippen LogP contribution in [0, 0.1) is 6.92 Å². The Morgan fingerprint density at radius 1 is 1.19 bits per heavy atom. The van der Waals surface area contributed by atoms with Gasteiger partial charge in [0.15, 0.2) is 0 Å². The molecular weight excluding hydrogens is 367 g/mol. The summed E-state index contributed by atoms with van der Waals surface area (Å²) in [6, 6.07) is 4.58. The molecule has 9 heteroatoms. The molecule has 1 aromatic rings. The van der Waals surface area contributed by atoms with Crippen molar-refractivity contribution in [2.75, 3.05) is 17.8 Å². The van der Waals surface area contributed by atoms with Crippen LogP contribution in [0.3, 0.4) is 0 Å². The average Bonchev–Trinajstić information content (AvgIpc) is 2.82. The Bertz CT molecular complexity index is 753. The van der Waals surface area contributed by atoms with Crippen LogP contribution in [0.15, 0.2) is 23.3 Å². The normalized spacial score (nSPS) is 17.1. The minimum Gasteiger partial charge on any atom is -0.297 e. The van der Waals surface area contributed by atoms with Crippen LogP contribution in [-0.2, 0) is 10.0 Å². The second kappa shape index (κ2) is 8.28. The number of anilines is 1. The Kier molecular flexibility index (Phi) is 6.54. The second-order valence-electron chi connectivity index (χ2n) is 6.37. The number of nitrogens with zero attached hydrogens (tertiary/aromatic N) is 2. The molecule has 1 fully saturated rings. The number of hydrogen-bond donors (Lipinski definition) is 1. The zero-order valence-corrected chi connectivity index (χ0v) is 15.8. The standard InChI is InChI=1S/C17H24F3N3O2S/c1-3-15(21-23-10-6-4-5-7-11-23)14-12-13(2)8-9-16(14)22-26(24,25)17(18,19)20/h8-9,12,22H,3-7,10-11H2,1-2H3/b21-15+. The van der Waals surface area contributed by atoms with Gasteiger partial charge >= 0.3 is 15.5 Å². The van der Waals surface area contributed by atoms with E-state index in [1.165, 1.54) is 6.07 Å². The molecule has 0 aromatic heterocycles. The third kappa shape index (κ3) is 5.12. The molecule has 0 bridgehead atoms. The zero-order chi connectivity index (χ0) is 19.4. The van der Waals surface area contributed by atoms with E-state index in [1.54, 1.807) is 23.8 Å². The first-order valence-electron chi connectivity index (χ1n) is 8.66. The molecule has 0 atom stereocenters. The van der Waals surface area contributed by atoms with E-state index < -0.39 is 15.5 Å². The molecular formula is C17H24F3N3O2S. The number of nitrogens with one attached hydrogen (secondary N) is 1. The summed E-state index contributed by atoms with van der Waals surface area (Å²) in [5.74, 6) is 0. The molecule has 2 rings (SSSR count). The van der Waals surface area contributed by atoms with Crippen molar-refractivity contribution in [2.24, 2.45) is 5.10 Å². The molecule has 146 valence electrons. The molecule has 1 aliphatic heterocycles. The van der Waals surface area contributed by atoms with Gasteiger partial charge in [-0.05, 0) is 38.3 Å². The van der Waals surface area contributed by atoms with Crippen LogP contribution in [-0.4, -0.2) is 37.7 Å². The molecule has 0 aliphatic carbocycles. The summed E-state index contributed by atoms with van der Waals surface area (Å²) >= 11 is 0. The summed E-state index contributed by atoms with van der Waals surface area (Å²) in [6.07, 6.45) is 4.77. The number of halogens is 3. The topological polar surface area (TPSA) is 61.8 Å². The van der Waals surface area contributed by atoms with Crippen LogP contribution in [0.1, 0.15) is 50.2 Å². The van der Waals surface area contributed by atoms with E-state index in [9.17, 15) is 21.6 Å². The lowest BCUT2D eigenvalue weighted by molar-refractivity contribution is -0.0429. The lowest BCUT2D eigenvalue weighted by Gasteiger charge is -2.20. The van der Waals surface area contributed by atoms with Crippen molar-refractivity contribution in [1.29, 1.82) is 0 Å². The molecule has 1 aliphatic rings. The van der Waals surface area contributed by atoms with Gasteiger partial charge in [-0.15, -0.1) is 0 Å². The molecule has 0 radical (unpaired) electrons. The van der Waals surface area contributed by atoms with Crippen molar-refractivity contribution in [2.45, 2.75) is 51.5 Å². The monoisotopic (exact) mass is 391 g/mol. The predicted octanol–water partition coefficient (Wildman–Crippen LogP) is 4.25. The van der Waals surface area contributed by atoms with Crippen molar-refractivity contribution < 1.29 is 21.6 Å². The molecule has 1 N–H and O–H groups in total. The third-order valence-electron chi connectivity index (χ3n) is 4.21. The second-order valence-corrected chi connectivity index (χ2v) is 8.04. The minimum absolute atomic E-state index is 0.108. The van der Waals surface area contributed by atoms with Crippen LogP contribution in [0.2, 0.25) is 0 Å². The number of aryl methyl sites for hydroxylation is 1. The van der Waals surface area contributed by atoms with Gasteiger partial charge in [0.25, 0.3) is 0 Å². The highest BCUT2D eigenvalue weighted by Crippen LogP contribution is 2.28. The lowest BCUT2D eigenvalue weighted by atomic mass is 10.0. The van der Waals surface area contributed by atoms with E-state index in [0.717, 1.165) is 44.3 Å². The number of hydrogen-bond acceptors (Lipinski definition) is 4. The van der Waals surface area contributed by atoms with Crippen molar-refractivity contribution in [3.63, 3.8) is 0 Å². The van der Waals surface area contributed by atoms with E-state index >= 15 is 0 Å². The molecule has 1 saturated heterocycles. The summed E-state index contributed by atoms with van der Waals surface area (Å²) in [5, 5.41) is 6.54. The number of hydrazone groups is 1. The average molecular weight is 391 g/mol. The summed E-state index contributed by atoms with van der Waals surface area (Å²) in [4.78, 5) is 0. The Balaban J connectivity index is 2.41. The first-order chi connectivity index (χ1) is 12.1. The fourth-order valence-corrected chi connectivity index (χ4v) is 3.41. The summed E-state index contributed by atoms with van der Waals surface area (Å²) < 4.78 is 62.9. The van der Waals surface area contributed by atoms with E-state index in [0.29, 0.717) is 17.7 Å². The molecule has 0 saturated carbocycles. The van der Waals surface area contributed by atoms with Gasteiger partial charge in [0.2, 0.25) is 0 Å². The fraction of sp³-hybridized carbons (Fsp3) is 0.588. The number of alkyl halides is 3. The highest BCUT2D eigenvalue weighted by molar-refractivity contribution is 7.93. The number of sulfonamides is 1. The van der Waals surface area contributed by atoms with Gasteiger partial charge in [0.1, 0.15) is 0 Å². The number of benzene rings is 1. The van der Waals surface area contributed by atoms with Crippen LogP contribution >= 0.6 is 0 Å². The fourth-order valence-electron chi connectivity index (χ4n) is 2.83. The minimum atomic E-state index is -5.49. The third-order valence-corrected chi connectivity index (χ3v) is 5.31. The Morgan fingerprint density at radius 2 is 1.81 bits per heavy atom. The molecule has 1 aromatic carbocycles. The largest absolute Gasteiger partial charge is 0.516 e. The van der Waals surface area contributed by atoms with Gasteiger partial charge in [-0.3, -0.25) is 9.73 Å². The van der Waals surface area contributed by atoms with E-state index in [-0.39, 0.29) is 5.69 Å². The Hall–Kier alpha value is -1.77. The van der Waals surface area contributed by atoms with E-state index in [4.69, 9.17) is 0 Å². The summed E-state index contributed by atoms with van der Waals surface area (Å²) in [6.45, 7) is 5.23. The van der Waals surface area contributed by atoms with Gasteiger partial charge in [-0.25, -0.2) is 0 Å². The van der Waals surface area contributed by atoms with Gasteiger partial charge in [-0.1, -0.05) is 31.4 Å². The highest BCUT2D eigenvalue weighted by Gasteiger charge is 2.46. The Labute approximate surface area is 152 Å². The van der Waals surface area contributed by atoms with Crippen LogP contribution in [0.25, 0.3) is 0 Å². The maximum atomic E-state index is 12.7. The maximum absolute atomic E-state index is 12.7. The molecule has 5 nitrogen and oxygen atoms in total. The lowest BCUT2D eigenvalue weighted by Crippen LogP contribution is -2.30. The van der Waals surface area contributed by atoms with Crippen molar-refractivity contribution in [1.82, 2.24) is 5.01 Å². The predicted molar refractivity (Wildman–Crippen MR) is 96.6 cm³/mol. The van der Waals surface area contributed by atoms with Crippen LogP contribution in [0.4, 0.5) is 18.9 Å². The molecule has 0 amide bonds. The van der Waals surface area contributed by atoms with Gasteiger partial charge in [0, 0.05) is 18.7 Å². The molecule has 0 unspecified atom stereocenters. The van der Waals surface area contributed by atoms with Gasteiger partial charge < -0.3 is 0 Å². The SMILES string of the molecule is CC/C(=N\N1CCCCCC1)c1cc(C)ccc1NS(=O)(=O)C(F)(F)F. The van der Waals surface area contributed by atoms with Gasteiger partial charge in [-0.2, -0.15) is 26.7 Å². The van der Waals surface area contributed by atoms with Crippen LogP contribution < -0.4 is 4.72 Å². The quantitative estimate of drug-likeness (QED) is 0.764. The smallest absolute Gasteiger partial charge is 0.297 e. The number of rotatable bonds is 5. The first kappa shape index (κ1) is 20.5.